The lowest BCUT2D eigenvalue weighted by Gasteiger charge is -2.18. The van der Waals surface area contributed by atoms with Gasteiger partial charge in [0, 0.05) is 15.7 Å². The molecular weight excluding hydrogens is 302 g/mol. The van der Waals surface area contributed by atoms with E-state index in [-0.39, 0.29) is 6.04 Å². The molecule has 0 saturated heterocycles. The van der Waals surface area contributed by atoms with Crippen molar-refractivity contribution in [2.75, 3.05) is 5.32 Å². The normalized spacial score (nSPS) is 12.2. The summed E-state index contributed by atoms with van der Waals surface area (Å²) < 4.78 is 1.10. The highest BCUT2D eigenvalue weighted by Gasteiger charge is 2.10. The summed E-state index contributed by atoms with van der Waals surface area (Å²) in [5.41, 5.74) is 4.30. The van der Waals surface area contributed by atoms with Crippen LogP contribution in [-0.4, -0.2) is 5.11 Å². The molecule has 2 aromatic rings. The van der Waals surface area contributed by atoms with Crippen LogP contribution in [0.1, 0.15) is 29.7 Å². The molecular formula is C16H18BrNO. The SMILES string of the molecule is Cc1ccc(O)c(C(C)Nc2ccc(Br)c(C)c2)c1. The Morgan fingerprint density at radius 1 is 1.11 bits per heavy atom. The fraction of sp³-hybridized carbons (Fsp3) is 0.250. The molecule has 0 aliphatic rings. The van der Waals surface area contributed by atoms with Crippen molar-refractivity contribution < 1.29 is 5.11 Å². The first-order chi connectivity index (χ1) is 8.97. The molecule has 3 heteroatoms. The van der Waals surface area contributed by atoms with Crippen LogP contribution in [0.3, 0.4) is 0 Å². The van der Waals surface area contributed by atoms with Crippen LogP contribution < -0.4 is 5.32 Å². The number of halogens is 1. The molecule has 2 nitrogen and oxygen atoms in total. The van der Waals surface area contributed by atoms with Gasteiger partial charge in [-0.25, -0.2) is 0 Å². The largest absolute Gasteiger partial charge is 0.508 e. The van der Waals surface area contributed by atoms with Crippen LogP contribution in [0.25, 0.3) is 0 Å². The molecule has 0 aliphatic heterocycles. The van der Waals surface area contributed by atoms with Gasteiger partial charge in [0.1, 0.15) is 5.75 Å². The summed E-state index contributed by atoms with van der Waals surface area (Å²) in [4.78, 5) is 0. The number of nitrogens with one attached hydrogen (secondary N) is 1. The second-order valence-electron chi connectivity index (χ2n) is 4.89. The lowest BCUT2D eigenvalue weighted by Crippen LogP contribution is -2.07. The van der Waals surface area contributed by atoms with E-state index >= 15 is 0 Å². The van der Waals surface area contributed by atoms with Crippen molar-refractivity contribution in [2.24, 2.45) is 0 Å². The van der Waals surface area contributed by atoms with Gasteiger partial charge in [0.25, 0.3) is 0 Å². The molecule has 0 saturated carbocycles. The van der Waals surface area contributed by atoms with Gasteiger partial charge in [0.15, 0.2) is 0 Å². The summed E-state index contributed by atoms with van der Waals surface area (Å²) in [6, 6.07) is 11.9. The Morgan fingerprint density at radius 3 is 2.53 bits per heavy atom. The second kappa shape index (κ2) is 5.66. The molecule has 1 atom stereocenters. The number of phenols is 1. The number of hydrogen-bond acceptors (Lipinski definition) is 2. The first-order valence-electron chi connectivity index (χ1n) is 6.29. The van der Waals surface area contributed by atoms with Gasteiger partial charge >= 0.3 is 0 Å². The summed E-state index contributed by atoms with van der Waals surface area (Å²) in [7, 11) is 0. The summed E-state index contributed by atoms with van der Waals surface area (Å²) in [5, 5.41) is 13.3. The molecule has 0 aliphatic carbocycles. The number of rotatable bonds is 3. The predicted octanol–water partition coefficient (Wildman–Crippen LogP) is 4.94. The molecule has 2 rings (SSSR count). The van der Waals surface area contributed by atoms with Crippen molar-refractivity contribution in [3.63, 3.8) is 0 Å². The van der Waals surface area contributed by atoms with Gasteiger partial charge < -0.3 is 10.4 Å². The Bertz CT molecular complexity index is 595. The van der Waals surface area contributed by atoms with Crippen molar-refractivity contribution in [3.05, 3.63) is 57.6 Å². The van der Waals surface area contributed by atoms with Crippen LogP contribution in [0, 0.1) is 13.8 Å². The molecule has 2 aromatic carbocycles. The summed E-state index contributed by atoms with van der Waals surface area (Å²) in [6.45, 7) is 6.13. The molecule has 1 unspecified atom stereocenters. The Kier molecular flexibility index (Phi) is 4.15. The van der Waals surface area contributed by atoms with Gasteiger partial charge in [-0.3, -0.25) is 0 Å². The zero-order valence-corrected chi connectivity index (χ0v) is 13.0. The van der Waals surface area contributed by atoms with Crippen LogP contribution >= 0.6 is 15.9 Å². The standard InChI is InChI=1S/C16H18BrNO/c1-10-4-7-16(19)14(8-10)12(3)18-13-5-6-15(17)11(2)9-13/h4-9,12,18-19H,1-3H3. The zero-order chi connectivity index (χ0) is 14.0. The maximum Gasteiger partial charge on any atom is 0.120 e. The van der Waals surface area contributed by atoms with E-state index in [9.17, 15) is 5.11 Å². The van der Waals surface area contributed by atoms with E-state index in [0.717, 1.165) is 21.3 Å². The van der Waals surface area contributed by atoms with Crippen molar-refractivity contribution in [3.8, 4) is 5.75 Å². The first-order valence-corrected chi connectivity index (χ1v) is 7.09. The van der Waals surface area contributed by atoms with E-state index in [1.807, 2.05) is 38.1 Å². The van der Waals surface area contributed by atoms with Crippen LogP contribution in [0.15, 0.2) is 40.9 Å². The van der Waals surface area contributed by atoms with E-state index in [1.54, 1.807) is 6.07 Å². The third-order valence-corrected chi connectivity index (χ3v) is 4.08. The Hall–Kier alpha value is -1.48. The summed E-state index contributed by atoms with van der Waals surface area (Å²) in [5.74, 6) is 0.333. The second-order valence-corrected chi connectivity index (χ2v) is 5.75. The van der Waals surface area contributed by atoms with Crippen molar-refractivity contribution in [2.45, 2.75) is 26.8 Å². The smallest absolute Gasteiger partial charge is 0.120 e. The van der Waals surface area contributed by atoms with Gasteiger partial charge in [0.05, 0.1) is 6.04 Å². The number of phenolic OH excluding ortho intramolecular Hbond substituents is 1. The molecule has 0 amide bonds. The van der Waals surface area contributed by atoms with E-state index in [0.29, 0.717) is 5.75 Å². The van der Waals surface area contributed by atoms with Crippen LogP contribution in [0.2, 0.25) is 0 Å². The van der Waals surface area contributed by atoms with Crippen molar-refractivity contribution >= 4 is 21.6 Å². The lowest BCUT2D eigenvalue weighted by molar-refractivity contribution is 0.465. The van der Waals surface area contributed by atoms with Crippen molar-refractivity contribution in [1.29, 1.82) is 0 Å². The van der Waals surface area contributed by atoms with Gasteiger partial charge in [-0.05, 0) is 50.6 Å². The average Bonchev–Trinajstić information content (AvgIpc) is 2.36. The van der Waals surface area contributed by atoms with Crippen LogP contribution in [-0.2, 0) is 0 Å². The Labute approximate surface area is 122 Å². The first kappa shape index (κ1) is 13.9. The molecule has 0 fully saturated rings. The zero-order valence-electron chi connectivity index (χ0n) is 11.4. The minimum Gasteiger partial charge on any atom is -0.508 e. The van der Waals surface area contributed by atoms with Crippen LogP contribution in [0.4, 0.5) is 5.69 Å². The quantitative estimate of drug-likeness (QED) is 0.839. The van der Waals surface area contributed by atoms with Crippen molar-refractivity contribution in [1.82, 2.24) is 0 Å². The monoisotopic (exact) mass is 319 g/mol. The Balaban J connectivity index is 2.22. The molecule has 100 valence electrons. The van der Waals surface area contributed by atoms with E-state index < -0.39 is 0 Å². The minimum atomic E-state index is 0.0560. The number of aromatic hydroxyl groups is 1. The number of aryl methyl sites for hydroxylation is 2. The fourth-order valence-corrected chi connectivity index (χ4v) is 2.33. The fourth-order valence-electron chi connectivity index (χ4n) is 2.08. The highest BCUT2D eigenvalue weighted by atomic mass is 79.9. The van der Waals surface area contributed by atoms with E-state index in [4.69, 9.17) is 0 Å². The Morgan fingerprint density at radius 2 is 1.84 bits per heavy atom. The van der Waals surface area contributed by atoms with Crippen LogP contribution in [0.5, 0.6) is 5.75 Å². The number of benzene rings is 2. The van der Waals surface area contributed by atoms with Gasteiger partial charge in [-0.15, -0.1) is 0 Å². The van der Waals surface area contributed by atoms with Gasteiger partial charge in [-0.2, -0.15) is 0 Å². The molecule has 2 N–H and O–H groups in total. The maximum absolute atomic E-state index is 9.93. The molecule has 0 heterocycles. The predicted molar refractivity (Wildman–Crippen MR) is 83.8 cm³/mol. The average molecular weight is 320 g/mol. The highest BCUT2D eigenvalue weighted by molar-refractivity contribution is 9.10. The summed E-state index contributed by atoms with van der Waals surface area (Å²) in [6.07, 6.45) is 0. The molecule has 0 aromatic heterocycles. The molecule has 0 spiro atoms. The third kappa shape index (κ3) is 3.29. The number of hydrogen-bond donors (Lipinski definition) is 2. The molecule has 19 heavy (non-hydrogen) atoms. The topological polar surface area (TPSA) is 32.3 Å². The third-order valence-electron chi connectivity index (χ3n) is 3.19. The molecule has 0 bridgehead atoms. The highest BCUT2D eigenvalue weighted by Crippen LogP contribution is 2.29. The van der Waals surface area contributed by atoms with E-state index in [2.05, 4.69) is 34.2 Å². The summed E-state index contributed by atoms with van der Waals surface area (Å²) >= 11 is 3.49. The molecule has 0 radical (unpaired) electrons. The minimum absolute atomic E-state index is 0.0560. The van der Waals surface area contributed by atoms with Gasteiger partial charge in [-0.1, -0.05) is 33.6 Å². The lowest BCUT2D eigenvalue weighted by atomic mass is 10.0. The number of anilines is 1. The van der Waals surface area contributed by atoms with E-state index in [1.165, 1.54) is 5.56 Å². The van der Waals surface area contributed by atoms with Gasteiger partial charge in [0.2, 0.25) is 0 Å². The maximum atomic E-state index is 9.93.